The van der Waals surface area contributed by atoms with Gasteiger partial charge in [0.25, 0.3) is 5.91 Å². The average Bonchev–Trinajstić information content (AvgIpc) is 3.48. The van der Waals surface area contributed by atoms with E-state index >= 15 is 0 Å². The Bertz CT molecular complexity index is 931. The zero-order valence-corrected chi connectivity index (χ0v) is 16.3. The largest absolute Gasteiger partial charge is 0.497 e. The molecule has 138 valence electrons. The second-order valence-corrected chi connectivity index (χ2v) is 7.81. The number of rotatable bonds is 6. The van der Waals surface area contributed by atoms with Crippen molar-refractivity contribution >= 4 is 17.2 Å². The van der Waals surface area contributed by atoms with Gasteiger partial charge in [-0.05, 0) is 37.5 Å². The van der Waals surface area contributed by atoms with E-state index in [9.17, 15) is 4.79 Å². The van der Waals surface area contributed by atoms with Crippen LogP contribution in [0.3, 0.4) is 0 Å². The second kappa shape index (κ2) is 7.53. The third-order valence-electron chi connectivity index (χ3n) is 4.77. The van der Waals surface area contributed by atoms with E-state index in [1.807, 2.05) is 66.4 Å². The van der Waals surface area contributed by atoms with Gasteiger partial charge in [-0.3, -0.25) is 4.79 Å². The average molecular weight is 378 g/mol. The molecule has 5 heteroatoms. The van der Waals surface area contributed by atoms with Crippen LogP contribution in [-0.2, 0) is 6.54 Å². The Morgan fingerprint density at radius 3 is 2.48 bits per heavy atom. The summed E-state index contributed by atoms with van der Waals surface area (Å²) in [6.07, 6.45) is 2.15. The Hall–Kier alpha value is -2.66. The molecule has 2 aromatic carbocycles. The first-order valence-corrected chi connectivity index (χ1v) is 9.94. The molecule has 0 saturated heterocycles. The Morgan fingerprint density at radius 1 is 1.15 bits per heavy atom. The maximum atomic E-state index is 13.3. The molecule has 0 radical (unpaired) electrons. The summed E-state index contributed by atoms with van der Waals surface area (Å²) in [5.41, 5.74) is 2.98. The normalized spacial score (nSPS) is 13.4. The standard InChI is InChI=1S/C22H22N2O2S/c1-15-20(27-21(23-15)17-6-4-3-5-7-17)22(25)24(18-10-11-18)14-16-8-12-19(26-2)13-9-16/h3-9,12-13,18H,10-11,14H2,1-2H3. The van der Waals surface area contributed by atoms with Crippen LogP contribution < -0.4 is 4.74 Å². The SMILES string of the molecule is COc1ccc(CN(C(=O)c2sc(-c3ccccc3)nc2C)C2CC2)cc1. The first-order chi connectivity index (χ1) is 13.2. The molecule has 1 fully saturated rings. The van der Waals surface area contributed by atoms with Gasteiger partial charge in [0.05, 0.1) is 12.8 Å². The minimum atomic E-state index is 0.0884. The third kappa shape index (κ3) is 3.88. The van der Waals surface area contributed by atoms with Gasteiger partial charge in [0.2, 0.25) is 0 Å². The van der Waals surface area contributed by atoms with Crippen LogP contribution >= 0.6 is 11.3 Å². The summed E-state index contributed by atoms with van der Waals surface area (Å²) in [4.78, 5) is 20.7. The highest BCUT2D eigenvalue weighted by molar-refractivity contribution is 7.17. The van der Waals surface area contributed by atoms with E-state index in [4.69, 9.17) is 4.74 Å². The highest BCUT2D eigenvalue weighted by atomic mass is 32.1. The molecular weight excluding hydrogens is 356 g/mol. The Balaban J connectivity index is 1.58. The molecule has 1 aromatic heterocycles. The lowest BCUT2D eigenvalue weighted by Crippen LogP contribution is -2.32. The van der Waals surface area contributed by atoms with Crippen LogP contribution in [-0.4, -0.2) is 28.9 Å². The van der Waals surface area contributed by atoms with Gasteiger partial charge >= 0.3 is 0 Å². The van der Waals surface area contributed by atoms with E-state index in [-0.39, 0.29) is 5.91 Å². The number of ether oxygens (including phenoxy) is 1. The fraction of sp³-hybridized carbons (Fsp3) is 0.273. The molecule has 3 aromatic rings. The number of nitrogens with zero attached hydrogens (tertiary/aromatic N) is 2. The molecule has 0 bridgehead atoms. The maximum Gasteiger partial charge on any atom is 0.266 e. The number of hydrogen-bond acceptors (Lipinski definition) is 4. The van der Waals surface area contributed by atoms with E-state index in [2.05, 4.69) is 4.98 Å². The number of carbonyl (C=O) groups excluding carboxylic acids is 1. The van der Waals surface area contributed by atoms with Gasteiger partial charge < -0.3 is 9.64 Å². The van der Waals surface area contributed by atoms with Crippen molar-refractivity contribution in [1.82, 2.24) is 9.88 Å². The van der Waals surface area contributed by atoms with Crippen molar-refractivity contribution in [2.45, 2.75) is 32.4 Å². The lowest BCUT2D eigenvalue weighted by atomic mass is 10.2. The summed E-state index contributed by atoms with van der Waals surface area (Å²) < 4.78 is 5.22. The molecule has 1 saturated carbocycles. The Kier molecular flexibility index (Phi) is 4.94. The van der Waals surface area contributed by atoms with Gasteiger partial charge in [0.1, 0.15) is 15.6 Å². The van der Waals surface area contributed by atoms with Crippen LogP contribution in [0.15, 0.2) is 54.6 Å². The van der Waals surface area contributed by atoms with Gasteiger partial charge in [-0.2, -0.15) is 0 Å². The van der Waals surface area contributed by atoms with E-state index in [0.29, 0.717) is 12.6 Å². The smallest absolute Gasteiger partial charge is 0.266 e. The maximum absolute atomic E-state index is 13.3. The molecule has 1 aliphatic rings. The summed E-state index contributed by atoms with van der Waals surface area (Å²) >= 11 is 1.49. The van der Waals surface area contributed by atoms with Crippen LogP contribution in [0.4, 0.5) is 0 Å². The van der Waals surface area contributed by atoms with Gasteiger partial charge in [0, 0.05) is 18.2 Å². The van der Waals surface area contributed by atoms with Crippen molar-refractivity contribution in [3.63, 3.8) is 0 Å². The zero-order valence-electron chi connectivity index (χ0n) is 15.5. The summed E-state index contributed by atoms with van der Waals surface area (Å²) in [6, 6.07) is 18.3. The predicted octanol–water partition coefficient (Wildman–Crippen LogP) is 4.93. The molecule has 27 heavy (non-hydrogen) atoms. The Morgan fingerprint density at radius 2 is 1.85 bits per heavy atom. The lowest BCUT2D eigenvalue weighted by molar-refractivity contribution is 0.0734. The fourth-order valence-electron chi connectivity index (χ4n) is 3.11. The van der Waals surface area contributed by atoms with E-state index < -0.39 is 0 Å². The van der Waals surface area contributed by atoms with Crippen molar-refractivity contribution in [2.75, 3.05) is 7.11 Å². The number of aryl methyl sites for hydroxylation is 1. The topological polar surface area (TPSA) is 42.4 Å². The molecule has 0 spiro atoms. The molecule has 1 heterocycles. The molecule has 4 nitrogen and oxygen atoms in total. The first kappa shape index (κ1) is 17.7. The van der Waals surface area contributed by atoms with Gasteiger partial charge in [-0.15, -0.1) is 11.3 Å². The minimum Gasteiger partial charge on any atom is -0.497 e. The number of benzene rings is 2. The number of hydrogen-bond donors (Lipinski definition) is 0. The van der Waals surface area contributed by atoms with Crippen molar-refractivity contribution in [1.29, 1.82) is 0 Å². The van der Waals surface area contributed by atoms with E-state index in [0.717, 1.165) is 45.3 Å². The molecular formula is C22H22N2O2S. The summed E-state index contributed by atoms with van der Waals surface area (Å²) in [7, 11) is 1.66. The Labute approximate surface area is 163 Å². The van der Waals surface area contributed by atoms with Crippen molar-refractivity contribution < 1.29 is 9.53 Å². The van der Waals surface area contributed by atoms with E-state index in [1.165, 1.54) is 11.3 Å². The third-order valence-corrected chi connectivity index (χ3v) is 5.97. The molecule has 4 rings (SSSR count). The zero-order chi connectivity index (χ0) is 18.8. The van der Waals surface area contributed by atoms with Gasteiger partial charge in [0.15, 0.2) is 0 Å². The van der Waals surface area contributed by atoms with Gasteiger partial charge in [-0.1, -0.05) is 42.5 Å². The highest BCUT2D eigenvalue weighted by Gasteiger charge is 2.34. The number of carbonyl (C=O) groups is 1. The van der Waals surface area contributed by atoms with Crippen LogP contribution in [0.5, 0.6) is 5.75 Å². The van der Waals surface area contributed by atoms with Crippen molar-refractivity contribution in [3.8, 4) is 16.3 Å². The van der Waals surface area contributed by atoms with Crippen LogP contribution in [0.1, 0.15) is 33.8 Å². The second-order valence-electron chi connectivity index (χ2n) is 6.81. The van der Waals surface area contributed by atoms with E-state index in [1.54, 1.807) is 7.11 Å². The van der Waals surface area contributed by atoms with Crippen molar-refractivity contribution in [3.05, 3.63) is 70.7 Å². The lowest BCUT2D eigenvalue weighted by Gasteiger charge is -2.22. The molecule has 1 aliphatic carbocycles. The summed E-state index contributed by atoms with van der Waals surface area (Å²) in [6.45, 7) is 2.54. The molecule has 1 amide bonds. The predicted molar refractivity (Wildman–Crippen MR) is 108 cm³/mol. The fourth-order valence-corrected chi connectivity index (χ4v) is 4.14. The van der Waals surface area contributed by atoms with Gasteiger partial charge in [-0.25, -0.2) is 4.98 Å². The quantitative estimate of drug-likeness (QED) is 0.611. The minimum absolute atomic E-state index is 0.0884. The molecule has 0 aliphatic heterocycles. The van der Waals surface area contributed by atoms with Crippen LogP contribution in [0.25, 0.3) is 10.6 Å². The number of methoxy groups -OCH3 is 1. The number of thiazole rings is 1. The van der Waals surface area contributed by atoms with Crippen LogP contribution in [0.2, 0.25) is 0 Å². The molecule has 0 unspecified atom stereocenters. The first-order valence-electron chi connectivity index (χ1n) is 9.12. The highest BCUT2D eigenvalue weighted by Crippen LogP contribution is 2.34. The number of aromatic nitrogens is 1. The molecule has 0 atom stereocenters. The summed E-state index contributed by atoms with van der Waals surface area (Å²) in [5, 5.41) is 0.900. The number of amides is 1. The van der Waals surface area contributed by atoms with Crippen molar-refractivity contribution in [2.24, 2.45) is 0 Å². The molecule has 0 N–H and O–H groups in total. The van der Waals surface area contributed by atoms with Crippen LogP contribution in [0, 0.1) is 6.92 Å². The summed E-state index contributed by atoms with van der Waals surface area (Å²) in [5.74, 6) is 0.916. The monoisotopic (exact) mass is 378 g/mol.